The van der Waals surface area contributed by atoms with Gasteiger partial charge in [-0.3, -0.25) is 4.79 Å². The second kappa shape index (κ2) is 4.78. The van der Waals surface area contributed by atoms with E-state index in [2.05, 4.69) is 0 Å². The fourth-order valence-electron chi connectivity index (χ4n) is 1.49. The third-order valence-corrected chi connectivity index (χ3v) is 4.29. The number of carbonyl (C=O) groups is 1. The average Bonchev–Trinajstić information content (AvgIpc) is 2.19. The molecule has 0 heterocycles. The predicted molar refractivity (Wildman–Crippen MR) is 65.9 cm³/mol. The Labute approximate surface area is 96.4 Å². The monoisotopic (exact) mass is 240 g/mol. The smallest absolute Gasteiger partial charge is 0.164 e. The molecule has 4 heteroatoms. The lowest BCUT2D eigenvalue weighted by Crippen LogP contribution is -2.40. The Hall–Kier alpha value is -1.16. The standard InChI is InChI=1S/C12H17FO2Si/c1-5-15-10-6-9(8-14)7-11(12(10)13)16(2,3)4/h6-8H,5H2,1-4H3. The number of ether oxygens (including phenoxy) is 1. The lowest BCUT2D eigenvalue weighted by molar-refractivity contribution is 0.112. The first-order valence-electron chi connectivity index (χ1n) is 5.32. The van der Waals surface area contributed by atoms with E-state index in [-0.39, 0.29) is 11.6 Å². The second-order valence-corrected chi connectivity index (χ2v) is 9.72. The highest BCUT2D eigenvalue weighted by Gasteiger charge is 2.24. The van der Waals surface area contributed by atoms with Crippen LogP contribution in [0.2, 0.25) is 19.6 Å². The van der Waals surface area contributed by atoms with Crippen LogP contribution in [0.15, 0.2) is 12.1 Å². The topological polar surface area (TPSA) is 26.3 Å². The number of halogens is 1. The van der Waals surface area contributed by atoms with Crippen LogP contribution in [0.1, 0.15) is 17.3 Å². The van der Waals surface area contributed by atoms with Crippen molar-refractivity contribution in [3.63, 3.8) is 0 Å². The molecule has 2 nitrogen and oxygen atoms in total. The maximum Gasteiger partial charge on any atom is 0.164 e. The number of rotatable bonds is 4. The zero-order valence-corrected chi connectivity index (χ0v) is 11.1. The van der Waals surface area contributed by atoms with E-state index in [1.54, 1.807) is 13.0 Å². The molecule has 0 bridgehead atoms. The summed E-state index contributed by atoms with van der Waals surface area (Å²) < 4.78 is 19.3. The van der Waals surface area contributed by atoms with E-state index in [0.29, 0.717) is 17.4 Å². The molecule has 1 aromatic carbocycles. The molecule has 0 N–H and O–H groups in total. The molecular weight excluding hydrogens is 223 g/mol. The molecule has 0 unspecified atom stereocenters. The van der Waals surface area contributed by atoms with Crippen LogP contribution in [0.5, 0.6) is 5.75 Å². The molecule has 0 fully saturated rings. The number of benzene rings is 1. The van der Waals surface area contributed by atoms with E-state index >= 15 is 0 Å². The third kappa shape index (κ3) is 2.69. The molecule has 0 atom stereocenters. The van der Waals surface area contributed by atoms with Gasteiger partial charge in [-0.25, -0.2) is 4.39 Å². The van der Waals surface area contributed by atoms with Crippen molar-refractivity contribution in [2.24, 2.45) is 0 Å². The molecule has 0 radical (unpaired) electrons. The maximum absolute atomic E-state index is 14.1. The van der Waals surface area contributed by atoms with Crippen molar-refractivity contribution in [2.45, 2.75) is 26.6 Å². The molecule has 1 aromatic rings. The van der Waals surface area contributed by atoms with Gasteiger partial charge < -0.3 is 4.74 Å². The Morgan fingerprint density at radius 2 is 2.00 bits per heavy atom. The van der Waals surface area contributed by atoms with Crippen molar-refractivity contribution in [1.29, 1.82) is 0 Å². The van der Waals surface area contributed by atoms with Crippen LogP contribution in [0.25, 0.3) is 0 Å². The van der Waals surface area contributed by atoms with Crippen LogP contribution in [-0.4, -0.2) is 21.0 Å². The molecule has 0 spiro atoms. The molecule has 0 aliphatic carbocycles. The molecule has 0 aliphatic heterocycles. The van der Waals surface area contributed by atoms with Gasteiger partial charge in [0.1, 0.15) is 6.29 Å². The van der Waals surface area contributed by atoms with Gasteiger partial charge in [-0.1, -0.05) is 19.6 Å². The second-order valence-electron chi connectivity index (χ2n) is 4.68. The van der Waals surface area contributed by atoms with Gasteiger partial charge in [0.2, 0.25) is 0 Å². The van der Waals surface area contributed by atoms with Gasteiger partial charge in [0.25, 0.3) is 0 Å². The van der Waals surface area contributed by atoms with Gasteiger partial charge in [-0.05, 0) is 24.2 Å². The summed E-state index contributed by atoms with van der Waals surface area (Å²) in [6, 6.07) is 3.09. The van der Waals surface area contributed by atoms with Gasteiger partial charge in [0.15, 0.2) is 11.6 Å². The van der Waals surface area contributed by atoms with Gasteiger partial charge >= 0.3 is 0 Å². The summed E-state index contributed by atoms with van der Waals surface area (Å²) in [4.78, 5) is 10.8. The van der Waals surface area contributed by atoms with E-state index in [9.17, 15) is 9.18 Å². The summed E-state index contributed by atoms with van der Waals surface area (Å²) in [5.74, 6) is -0.129. The summed E-state index contributed by atoms with van der Waals surface area (Å²) in [5.41, 5.74) is 0.474. The molecule has 0 aliphatic rings. The highest BCUT2D eigenvalue weighted by Crippen LogP contribution is 2.19. The molecule has 1 rings (SSSR count). The number of carbonyl (C=O) groups excluding carboxylic acids is 1. The van der Waals surface area contributed by atoms with Crippen molar-refractivity contribution >= 4 is 19.5 Å². The number of hydrogen-bond donors (Lipinski definition) is 0. The normalized spacial score (nSPS) is 11.3. The highest BCUT2D eigenvalue weighted by atomic mass is 28.3. The quantitative estimate of drug-likeness (QED) is 0.597. The largest absolute Gasteiger partial charge is 0.491 e. The Morgan fingerprint density at radius 1 is 1.38 bits per heavy atom. The molecule has 0 aromatic heterocycles. The molecule has 0 saturated heterocycles. The van der Waals surface area contributed by atoms with Crippen molar-refractivity contribution < 1.29 is 13.9 Å². The Balaban J connectivity index is 3.37. The molecule has 0 amide bonds. The van der Waals surface area contributed by atoms with Gasteiger partial charge in [0, 0.05) is 5.56 Å². The first-order chi connectivity index (χ1) is 7.40. The van der Waals surface area contributed by atoms with Crippen LogP contribution in [-0.2, 0) is 0 Å². The van der Waals surface area contributed by atoms with E-state index in [1.807, 2.05) is 19.6 Å². The maximum atomic E-state index is 14.1. The zero-order valence-electron chi connectivity index (χ0n) is 10.1. The van der Waals surface area contributed by atoms with Crippen LogP contribution >= 0.6 is 0 Å². The Kier molecular flexibility index (Phi) is 3.86. The first kappa shape index (κ1) is 12.9. The minimum absolute atomic E-state index is 0.185. The third-order valence-electron chi connectivity index (χ3n) is 2.31. The Morgan fingerprint density at radius 3 is 2.44 bits per heavy atom. The van der Waals surface area contributed by atoms with Gasteiger partial charge in [-0.2, -0.15) is 0 Å². The van der Waals surface area contributed by atoms with Crippen LogP contribution in [0.4, 0.5) is 4.39 Å². The lowest BCUT2D eigenvalue weighted by Gasteiger charge is -2.19. The minimum Gasteiger partial charge on any atom is -0.491 e. The minimum atomic E-state index is -1.80. The fraction of sp³-hybridized carbons (Fsp3) is 0.417. The van der Waals surface area contributed by atoms with Crippen molar-refractivity contribution in [3.8, 4) is 5.75 Å². The number of hydrogen-bond acceptors (Lipinski definition) is 2. The van der Waals surface area contributed by atoms with Crippen LogP contribution in [0.3, 0.4) is 0 Å². The van der Waals surface area contributed by atoms with Gasteiger partial charge in [-0.15, -0.1) is 0 Å². The van der Waals surface area contributed by atoms with Crippen molar-refractivity contribution in [3.05, 3.63) is 23.5 Å². The fourth-order valence-corrected chi connectivity index (χ4v) is 2.87. The van der Waals surface area contributed by atoms with E-state index < -0.39 is 8.07 Å². The van der Waals surface area contributed by atoms with Crippen LogP contribution in [0, 0.1) is 5.82 Å². The molecule has 16 heavy (non-hydrogen) atoms. The summed E-state index contributed by atoms with van der Waals surface area (Å²) in [7, 11) is -1.80. The van der Waals surface area contributed by atoms with Crippen molar-refractivity contribution in [1.82, 2.24) is 0 Å². The summed E-state index contributed by atoms with van der Waals surface area (Å²) >= 11 is 0. The first-order valence-corrected chi connectivity index (χ1v) is 8.82. The highest BCUT2D eigenvalue weighted by molar-refractivity contribution is 6.88. The number of aldehydes is 1. The SMILES string of the molecule is CCOc1cc(C=O)cc([Si](C)(C)C)c1F. The molecular formula is C12H17FO2Si. The molecule has 88 valence electrons. The van der Waals surface area contributed by atoms with Crippen molar-refractivity contribution in [2.75, 3.05) is 6.61 Å². The Bertz CT molecular complexity index is 397. The summed E-state index contributed by atoms with van der Waals surface area (Å²) in [6.07, 6.45) is 0.728. The zero-order chi connectivity index (χ0) is 12.3. The van der Waals surface area contributed by atoms with E-state index in [0.717, 1.165) is 6.29 Å². The predicted octanol–water partition coefficient (Wildman–Crippen LogP) is 2.58. The van der Waals surface area contributed by atoms with Gasteiger partial charge in [0.05, 0.1) is 14.7 Å². The average molecular weight is 240 g/mol. The van der Waals surface area contributed by atoms with E-state index in [1.165, 1.54) is 6.07 Å². The molecule has 0 saturated carbocycles. The summed E-state index contributed by atoms with van der Waals surface area (Å²) in [6.45, 7) is 8.30. The van der Waals surface area contributed by atoms with E-state index in [4.69, 9.17) is 4.74 Å². The lowest BCUT2D eigenvalue weighted by atomic mass is 10.2. The van der Waals surface area contributed by atoms with Crippen LogP contribution < -0.4 is 9.92 Å². The summed E-state index contributed by atoms with van der Waals surface area (Å²) in [5, 5.41) is 0.639.